The number of Topliss-reactive ketones (excluding diaryl/α,β-unsaturated/α-hetero) is 1. The SMILES string of the molecule is COc1ccc(C)cc1C[NH+]1CC[NH+](CC(=O)c2cc(C)n(C3CC3)c2C)CC1. The molecule has 0 unspecified atom stereocenters. The minimum absolute atomic E-state index is 0.309. The maximum absolute atomic E-state index is 13.0. The number of carbonyl (C=O) groups is 1. The normalized spacial score (nSPS) is 21.9. The second-order valence-electron chi connectivity index (χ2n) is 8.98. The van der Waals surface area contributed by atoms with Crippen molar-refractivity contribution in [2.24, 2.45) is 0 Å². The Morgan fingerprint density at radius 3 is 2.41 bits per heavy atom. The molecule has 2 fully saturated rings. The third-order valence-corrected chi connectivity index (χ3v) is 6.65. The van der Waals surface area contributed by atoms with Crippen LogP contribution in [0.2, 0.25) is 0 Å². The molecule has 2 aromatic rings. The van der Waals surface area contributed by atoms with Crippen molar-refractivity contribution in [2.75, 3.05) is 39.8 Å². The van der Waals surface area contributed by atoms with E-state index in [1.54, 1.807) is 12.0 Å². The van der Waals surface area contributed by atoms with Crippen LogP contribution in [0.1, 0.15) is 51.8 Å². The largest absolute Gasteiger partial charge is 0.496 e. The predicted octanol–water partition coefficient (Wildman–Crippen LogP) is 0.923. The molecule has 1 aromatic carbocycles. The van der Waals surface area contributed by atoms with Crippen LogP contribution in [-0.2, 0) is 6.54 Å². The summed E-state index contributed by atoms with van der Waals surface area (Å²) >= 11 is 0. The molecule has 1 saturated heterocycles. The van der Waals surface area contributed by atoms with Gasteiger partial charge in [0, 0.05) is 28.6 Å². The van der Waals surface area contributed by atoms with Gasteiger partial charge in [-0.1, -0.05) is 11.6 Å². The van der Waals surface area contributed by atoms with Crippen molar-refractivity contribution in [1.82, 2.24) is 4.57 Å². The molecule has 156 valence electrons. The summed E-state index contributed by atoms with van der Waals surface area (Å²) in [6.45, 7) is 12.3. The lowest BCUT2D eigenvalue weighted by Gasteiger charge is -2.29. The van der Waals surface area contributed by atoms with Gasteiger partial charge in [-0.2, -0.15) is 0 Å². The number of methoxy groups -OCH3 is 1. The summed E-state index contributed by atoms with van der Waals surface area (Å²) < 4.78 is 7.92. The fourth-order valence-corrected chi connectivity index (χ4v) is 4.90. The number of quaternary nitrogens is 2. The minimum atomic E-state index is 0.309. The van der Waals surface area contributed by atoms with Crippen LogP contribution in [0.3, 0.4) is 0 Å². The first-order valence-corrected chi connectivity index (χ1v) is 11.0. The molecule has 5 nitrogen and oxygen atoms in total. The zero-order valence-corrected chi connectivity index (χ0v) is 18.3. The Morgan fingerprint density at radius 2 is 1.76 bits per heavy atom. The summed E-state index contributed by atoms with van der Waals surface area (Å²) in [4.78, 5) is 16.0. The molecule has 1 aliphatic heterocycles. The Kier molecular flexibility index (Phi) is 5.79. The van der Waals surface area contributed by atoms with Gasteiger partial charge in [-0.25, -0.2) is 0 Å². The van der Waals surface area contributed by atoms with E-state index < -0.39 is 0 Å². The van der Waals surface area contributed by atoms with E-state index in [1.165, 1.54) is 40.3 Å². The van der Waals surface area contributed by atoms with Gasteiger partial charge in [0.1, 0.15) is 45.0 Å². The molecule has 4 rings (SSSR count). The molecule has 0 atom stereocenters. The minimum Gasteiger partial charge on any atom is -0.496 e. The van der Waals surface area contributed by atoms with E-state index in [0.717, 1.165) is 44.0 Å². The molecule has 2 aliphatic rings. The summed E-state index contributed by atoms with van der Waals surface area (Å²) in [6.07, 6.45) is 2.51. The summed E-state index contributed by atoms with van der Waals surface area (Å²) in [5.74, 6) is 1.29. The Hall–Kier alpha value is -2.11. The first-order valence-electron chi connectivity index (χ1n) is 11.0. The van der Waals surface area contributed by atoms with E-state index >= 15 is 0 Å². The van der Waals surface area contributed by atoms with Gasteiger partial charge in [0.05, 0.1) is 7.11 Å². The zero-order chi connectivity index (χ0) is 20.5. The van der Waals surface area contributed by atoms with Gasteiger partial charge >= 0.3 is 0 Å². The van der Waals surface area contributed by atoms with E-state index in [0.29, 0.717) is 18.4 Å². The Balaban J connectivity index is 1.33. The van der Waals surface area contributed by atoms with Crippen LogP contribution in [-0.4, -0.2) is 50.2 Å². The van der Waals surface area contributed by atoms with Crippen LogP contribution in [0.5, 0.6) is 5.75 Å². The number of hydrogen-bond donors (Lipinski definition) is 2. The third kappa shape index (κ3) is 4.41. The molecule has 0 amide bonds. The lowest BCUT2D eigenvalue weighted by atomic mass is 10.1. The topological polar surface area (TPSA) is 40.1 Å². The van der Waals surface area contributed by atoms with Crippen LogP contribution < -0.4 is 14.5 Å². The molecular formula is C24H35N3O2+2. The summed E-state index contributed by atoms with van der Waals surface area (Å²) in [5.41, 5.74) is 5.92. The Bertz CT molecular complexity index is 890. The van der Waals surface area contributed by atoms with Crippen molar-refractivity contribution < 1.29 is 19.3 Å². The average molecular weight is 398 g/mol. The van der Waals surface area contributed by atoms with E-state index in [9.17, 15) is 4.79 Å². The number of ketones is 1. The highest BCUT2D eigenvalue weighted by molar-refractivity contribution is 5.98. The predicted molar refractivity (Wildman–Crippen MR) is 114 cm³/mol. The Labute approximate surface area is 174 Å². The molecule has 1 aliphatic carbocycles. The lowest BCUT2D eigenvalue weighted by molar-refractivity contribution is -1.01. The van der Waals surface area contributed by atoms with Gasteiger partial charge < -0.3 is 19.1 Å². The standard InChI is InChI=1S/C24H33N3O2/c1-17-5-8-24(29-4)20(13-17)15-25-9-11-26(12-10-25)16-23(28)22-14-18(2)27(19(22)3)21-6-7-21/h5,8,13-14,21H,6-7,9-12,15-16H2,1-4H3/p+2. The van der Waals surface area contributed by atoms with Crippen molar-refractivity contribution in [2.45, 2.75) is 46.2 Å². The molecule has 5 heteroatoms. The molecule has 2 heterocycles. The van der Waals surface area contributed by atoms with E-state index in [2.05, 4.69) is 49.6 Å². The number of nitrogens with zero attached hydrogens (tertiary/aromatic N) is 1. The highest BCUT2D eigenvalue weighted by Gasteiger charge is 2.30. The zero-order valence-electron chi connectivity index (χ0n) is 18.3. The van der Waals surface area contributed by atoms with Crippen LogP contribution in [0.4, 0.5) is 0 Å². The molecule has 0 bridgehead atoms. The number of nitrogens with one attached hydrogen (secondary N) is 2. The van der Waals surface area contributed by atoms with Crippen molar-refractivity contribution >= 4 is 5.78 Å². The molecule has 2 N–H and O–H groups in total. The number of aromatic nitrogens is 1. The molecule has 29 heavy (non-hydrogen) atoms. The average Bonchev–Trinajstić information content (AvgIpc) is 3.48. The highest BCUT2D eigenvalue weighted by atomic mass is 16.5. The summed E-state index contributed by atoms with van der Waals surface area (Å²) in [6, 6.07) is 9.16. The summed E-state index contributed by atoms with van der Waals surface area (Å²) in [7, 11) is 1.75. The van der Waals surface area contributed by atoms with Gasteiger partial charge in [-0.05, 0) is 51.8 Å². The fourth-order valence-electron chi connectivity index (χ4n) is 4.90. The maximum Gasteiger partial charge on any atom is 0.218 e. The van der Waals surface area contributed by atoms with Crippen LogP contribution >= 0.6 is 0 Å². The van der Waals surface area contributed by atoms with Gasteiger partial charge in [0.2, 0.25) is 5.78 Å². The first kappa shape index (κ1) is 20.2. The molecule has 0 spiro atoms. The smallest absolute Gasteiger partial charge is 0.218 e. The van der Waals surface area contributed by atoms with Crippen molar-refractivity contribution in [3.63, 3.8) is 0 Å². The third-order valence-electron chi connectivity index (χ3n) is 6.65. The highest BCUT2D eigenvalue weighted by Crippen LogP contribution is 2.38. The monoisotopic (exact) mass is 397 g/mol. The number of hydrogen-bond acceptors (Lipinski definition) is 2. The number of carbonyl (C=O) groups excluding carboxylic acids is 1. The van der Waals surface area contributed by atoms with Crippen LogP contribution in [0.15, 0.2) is 24.3 Å². The number of ether oxygens (including phenoxy) is 1. The van der Waals surface area contributed by atoms with Crippen molar-refractivity contribution in [3.8, 4) is 5.75 Å². The van der Waals surface area contributed by atoms with Crippen molar-refractivity contribution in [1.29, 1.82) is 0 Å². The molecule has 1 aromatic heterocycles. The fraction of sp³-hybridized carbons (Fsp3) is 0.542. The number of benzene rings is 1. The van der Waals surface area contributed by atoms with Gasteiger partial charge in [0.15, 0.2) is 0 Å². The van der Waals surface area contributed by atoms with Crippen LogP contribution in [0, 0.1) is 20.8 Å². The van der Waals surface area contributed by atoms with Gasteiger partial charge in [0.25, 0.3) is 0 Å². The second-order valence-corrected chi connectivity index (χ2v) is 8.98. The quantitative estimate of drug-likeness (QED) is 0.683. The molecule has 1 saturated carbocycles. The number of aryl methyl sites for hydroxylation is 2. The molecule has 0 radical (unpaired) electrons. The molecular weight excluding hydrogens is 362 g/mol. The van der Waals surface area contributed by atoms with E-state index in [4.69, 9.17) is 4.74 Å². The van der Waals surface area contributed by atoms with Gasteiger partial charge in [-0.3, -0.25) is 4.79 Å². The number of rotatable bonds is 7. The second kappa shape index (κ2) is 8.33. The van der Waals surface area contributed by atoms with E-state index in [1.807, 2.05) is 0 Å². The van der Waals surface area contributed by atoms with E-state index in [-0.39, 0.29) is 0 Å². The Morgan fingerprint density at radius 1 is 1.07 bits per heavy atom. The summed E-state index contributed by atoms with van der Waals surface area (Å²) in [5, 5.41) is 0. The first-order chi connectivity index (χ1) is 14.0. The lowest BCUT2D eigenvalue weighted by Crippen LogP contribution is -3.27. The van der Waals surface area contributed by atoms with Crippen molar-refractivity contribution in [3.05, 3.63) is 52.3 Å². The maximum atomic E-state index is 13.0. The number of piperazine rings is 1. The van der Waals surface area contributed by atoms with Crippen LogP contribution in [0.25, 0.3) is 0 Å². The van der Waals surface area contributed by atoms with Gasteiger partial charge in [-0.15, -0.1) is 0 Å².